The van der Waals surface area contributed by atoms with Gasteiger partial charge in [-0.15, -0.1) is 0 Å². The minimum absolute atomic E-state index is 0.111. The van der Waals surface area contributed by atoms with E-state index in [-0.39, 0.29) is 22.0 Å². The van der Waals surface area contributed by atoms with Gasteiger partial charge < -0.3 is 14.4 Å². The zero-order valence-electron chi connectivity index (χ0n) is 16.8. The molecule has 0 aromatic heterocycles. The molecule has 31 heavy (non-hydrogen) atoms. The normalized spacial score (nSPS) is 18.2. The molecule has 2 aliphatic heterocycles. The van der Waals surface area contributed by atoms with Crippen LogP contribution in [0, 0.1) is 5.82 Å². The number of benzene rings is 2. The summed E-state index contributed by atoms with van der Waals surface area (Å²) in [5.41, 5.74) is 1.79. The number of methoxy groups -OCH3 is 1. The number of carbonyl (C=O) groups excluding carboxylic acids is 2. The maximum Gasteiger partial charge on any atom is 0.293 e. The SMILES string of the molecule is COc1cc(N2CCOCC2)ccc1/C=C1\SC(=O)N(Cc2c(F)cccc2Cl)C1=O. The van der Waals surface area contributed by atoms with E-state index in [0.29, 0.717) is 24.5 Å². The Hall–Kier alpha value is -2.55. The summed E-state index contributed by atoms with van der Waals surface area (Å²) in [6, 6.07) is 9.95. The van der Waals surface area contributed by atoms with Crippen molar-refractivity contribution in [2.75, 3.05) is 38.3 Å². The van der Waals surface area contributed by atoms with Crippen LogP contribution in [0.4, 0.5) is 14.9 Å². The Bertz CT molecular complexity index is 1040. The first kappa shape index (κ1) is 21.7. The van der Waals surface area contributed by atoms with Gasteiger partial charge in [-0.25, -0.2) is 4.39 Å². The molecular weight excluding hydrogens is 443 g/mol. The van der Waals surface area contributed by atoms with E-state index >= 15 is 0 Å². The lowest BCUT2D eigenvalue weighted by atomic mass is 10.1. The molecule has 2 amide bonds. The number of rotatable bonds is 5. The van der Waals surface area contributed by atoms with Crippen molar-refractivity contribution < 1.29 is 23.5 Å². The summed E-state index contributed by atoms with van der Waals surface area (Å²) in [6.45, 7) is 2.70. The lowest BCUT2D eigenvalue weighted by Gasteiger charge is -2.29. The van der Waals surface area contributed by atoms with Gasteiger partial charge in [0, 0.05) is 41.0 Å². The van der Waals surface area contributed by atoms with Gasteiger partial charge in [0.15, 0.2) is 0 Å². The number of anilines is 1. The monoisotopic (exact) mass is 462 g/mol. The van der Waals surface area contributed by atoms with Gasteiger partial charge in [-0.05, 0) is 42.1 Å². The summed E-state index contributed by atoms with van der Waals surface area (Å²) < 4.78 is 25.0. The highest BCUT2D eigenvalue weighted by Gasteiger charge is 2.36. The van der Waals surface area contributed by atoms with Gasteiger partial charge in [0.25, 0.3) is 11.1 Å². The van der Waals surface area contributed by atoms with Crippen LogP contribution in [0.3, 0.4) is 0 Å². The van der Waals surface area contributed by atoms with Gasteiger partial charge in [-0.1, -0.05) is 17.7 Å². The van der Waals surface area contributed by atoms with Crippen LogP contribution in [0.2, 0.25) is 5.02 Å². The smallest absolute Gasteiger partial charge is 0.293 e. The largest absolute Gasteiger partial charge is 0.496 e. The van der Waals surface area contributed by atoms with Crippen LogP contribution in [-0.2, 0) is 16.1 Å². The average molecular weight is 463 g/mol. The van der Waals surface area contributed by atoms with Crippen molar-refractivity contribution >= 4 is 46.3 Å². The molecule has 2 aromatic rings. The quantitative estimate of drug-likeness (QED) is 0.607. The van der Waals surface area contributed by atoms with E-state index in [1.54, 1.807) is 13.2 Å². The summed E-state index contributed by atoms with van der Waals surface area (Å²) in [7, 11) is 1.56. The molecule has 0 saturated carbocycles. The second-order valence-electron chi connectivity index (χ2n) is 6.99. The van der Waals surface area contributed by atoms with Crippen LogP contribution < -0.4 is 9.64 Å². The first-order valence-corrected chi connectivity index (χ1v) is 10.9. The van der Waals surface area contributed by atoms with Crippen LogP contribution in [0.15, 0.2) is 41.3 Å². The maximum absolute atomic E-state index is 14.1. The molecule has 0 bridgehead atoms. The van der Waals surface area contributed by atoms with Gasteiger partial charge in [0.05, 0.1) is 31.8 Å². The summed E-state index contributed by atoms with van der Waals surface area (Å²) in [5.74, 6) is -0.461. The minimum atomic E-state index is -0.559. The molecule has 0 atom stereocenters. The number of ether oxygens (including phenoxy) is 2. The molecule has 0 unspecified atom stereocenters. The van der Waals surface area contributed by atoms with E-state index in [4.69, 9.17) is 21.1 Å². The highest BCUT2D eigenvalue weighted by atomic mass is 35.5. The molecule has 0 aliphatic carbocycles. The van der Waals surface area contributed by atoms with Crippen molar-refractivity contribution in [3.8, 4) is 5.75 Å². The fourth-order valence-corrected chi connectivity index (χ4v) is 4.51. The standard InChI is InChI=1S/C22H20ClFN2O4S/c1-29-19-12-15(25-7-9-30-10-8-25)6-5-14(19)11-20-21(27)26(22(28)31-20)13-16-17(23)3-2-4-18(16)24/h2-6,11-12H,7-10,13H2,1H3/b20-11-. The fraction of sp³-hybridized carbons (Fsp3) is 0.273. The van der Waals surface area contributed by atoms with Crippen molar-refractivity contribution in [1.82, 2.24) is 4.90 Å². The van der Waals surface area contributed by atoms with Crippen molar-refractivity contribution in [2.45, 2.75) is 6.54 Å². The Balaban J connectivity index is 1.57. The van der Waals surface area contributed by atoms with Gasteiger partial charge in [-0.2, -0.15) is 0 Å². The maximum atomic E-state index is 14.1. The van der Waals surface area contributed by atoms with Crippen LogP contribution in [0.1, 0.15) is 11.1 Å². The summed E-state index contributed by atoms with van der Waals surface area (Å²) in [6.07, 6.45) is 1.62. The zero-order chi connectivity index (χ0) is 22.0. The number of hydrogen-bond acceptors (Lipinski definition) is 6. The molecule has 0 spiro atoms. The van der Waals surface area contributed by atoms with Crippen LogP contribution >= 0.6 is 23.4 Å². The van der Waals surface area contributed by atoms with E-state index in [2.05, 4.69) is 4.90 Å². The highest BCUT2D eigenvalue weighted by Crippen LogP contribution is 2.36. The number of carbonyl (C=O) groups is 2. The third-order valence-electron chi connectivity index (χ3n) is 5.13. The molecule has 2 heterocycles. The number of halogens is 2. The molecule has 2 saturated heterocycles. The Morgan fingerprint density at radius 2 is 2.00 bits per heavy atom. The van der Waals surface area contributed by atoms with Crippen molar-refractivity contribution in [1.29, 1.82) is 0 Å². The summed E-state index contributed by atoms with van der Waals surface area (Å²) in [4.78, 5) is 28.7. The second kappa shape index (κ2) is 9.30. The second-order valence-corrected chi connectivity index (χ2v) is 8.39. The molecule has 162 valence electrons. The molecule has 2 fully saturated rings. The number of hydrogen-bond donors (Lipinski definition) is 0. The molecule has 2 aromatic carbocycles. The lowest BCUT2D eigenvalue weighted by molar-refractivity contribution is -0.123. The predicted molar refractivity (Wildman–Crippen MR) is 119 cm³/mol. The first-order valence-electron chi connectivity index (χ1n) is 9.67. The summed E-state index contributed by atoms with van der Waals surface area (Å²) >= 11 is 6.86. The number of nitrogens with zero attached hydrogens (tertiary/aromatic N) is 2. The summed E-state index contributed by atoms with van der Waals surface area (Å²) in [5, 5.41) is -0.303. The van der Waals surface area contributed by atoms with Crippen LogP contribution in [0.5, 0.6) is 5.75 Å². The van der Waals surface area contributed by atoms with E-state index < -0.39 is 17.0 Å². The van der Waals surface area contributed by atoms with E-state index in [9.17, 15) is 14.0 Å². The number of amides is 2. The fourth-order valence-electron chi connectivity index (χ4n) is 3.46. The molecular formula is C22H20ClFN2O4S. The van der Waals surface area contributed by atoms with Crippen molar-refractivity contribution in [3.63, 3.8) is 0 Å². The number of thioether (sulfide) groups is 1. The van der Waals surface area contributed by atoms with E-state index in [1.165, 1.54) is 18.2 Å². The Morgan fingerprint density at radius 1 is 1.23 bits per heavy atom. The molecule has 6 nitrogen and oxygen atoms in total. The van der Waals surface area contributed by atoms with Gasteiger partial charge in [0.1, 0.15) is 11.6 Å². The third kappa shape index (κ3) is 4.56. The van der Waals surface area contributed by atoms with E-state index in [1.807, 2.05) is 18.2 Å². The molecule has 0 N–H and O–H groups in total. The van der Waals surface area contributed by atoms with Gasteiger partial charge in [0.2, 0.25) is 0 Å². The molecule has 4 rings (SSSR count). The first-order chi connectivity index (χ1) is 15.0. The Kier molecular flexibility index (Phi) is 6.50. The molecule has 2 aliphatic rings. The van der Waals surface area contributed by atoms with Gasteiger partial charge in [-0.3, -0.25) is 14.5 Å². The number of imide groups is 1. The minimum Gasteiger partial charge on any atom is -0.496 e. The highest BCUT2D eigenvalue weighted by molar-refractivity contribution is 8.18. The van der Waals surface area contributed by atoms with Crippen molar-refractivity contribution in [3.05, 3.63) is 63.3 Å². The lowest BCUT2D eigenvalue weighted by Crippen LogP contribution is -2.36. The molecule has 0 radical (unpaired) electrons. The van der Waals surface area contributed by atoms with Crippen LogP contribution in [0.25, 0.3) is 6.08 Å². The predicted octanol–water partition coefficient (Wildman–Crippen LogP) is 4.56. The Labute approximate surface area is 188 Å². The van der Waals surface area contributed by atoms with Gasteiger partial charge >= 0.3 is 0 Å². The van der Waals surface area contributed by atoms with Crippen LogP contribution in [-0.4, -0.2) is 49.5 Å². The number of morpholine rings is 1. The zero-order valence-corrected chi connectivity index (χ0v) is 18.3. The Morgan fingerprint density at radius 3 is 2.71 bits per heavy atom. The van der Waals surface area contributed by atoms with Crippen molar-refractivity contribution in [2.24, 2.45) is 0 Å². The average Bonchev–Trinajstić information content (AvgIpc) is 3.04. The molecule has 9 heteroatoms. The topological polar surface area (TPSA) is 59.1 Å². The van der Waals surface area contributed by atoms with E-state index in [0.717, 1.165) is 35.4 Å². The third-order valence-corrected chi connectivity index (χ3v) is 6.39.